The fourth-order valence-electron chi connectivity index (χ4n) is 3.67. The molecule has 1 unspecified atom stereocenters. The van der Waals surface area contributed by atoms with Gasteiger partial charge in [0, 0.05) is 10.6 Å². The monoisotopic (exact) mass is 426 g/mol. The number of ether oxygens (including phenoxy) is 1. The third-order valence-electron chi connectivity index (χ3n) is 5.14. The Morgan fingerprint density at radius 3 is 3.00 bits per heavy atom. The van der Waals surface area contributed by atoms with Gasteiger partial charge in [0.2, 0.25) is 5.91 Å². The van der Waals surface area contributed by atoms with E-state index in [1.54, 1.807) is 25.1 Å². The number of nitrogens with one attached hydrogen (secondary N) is 1. The van der Waals surface area contributed by atoms with Crippen LogP contribution in [0.25, 0.3) is 10.2 Å². The maximum absolute atomic E-state index is 13.0. The molecule has 1 aliphatic rings. The molecule has 9 heteroatoms. The number of benzene rings is 1. The quantitative estimate of drug-likeness (QED) is 0.629. The summed E-state index contributed by atoms with van der Waals surface area (Å²) in [5.41, 5.74) is 1.55. The topological polar surface area (TPSA) is 103 Å². The van der Waals surface area contributed by atoms with Crippen LogP contribution < -0.4 is 10.9 Å². The van der Waals surface area contributed by atoms with Crippen LogP contribution in [-0.4, -0.2) is 33.5 Å². The van der Waals surface area contributed by atoms with Crippen LogP contribution in [0.4, 0.5) is 5.69 Å². The number of hydrogen-bond donors (Lipinski definition) is 1. The second-order valence-corrected chi connectivity index (χ2v) is 8.52. The van der Waals surface area contributed by atoms with Gasteiger partial charge in [0.05, 0.1) is 17.6 Å². The maximum atomic E-state index is 13.0. The van der Waals surface area contributed by atoms with Gasteiger partial charge in [0.25, 0.3) is 5.56 Å². The predicted octanol–water partition coefficient (Wildman–Crippen LogP) is 2.79. The highest BCUT2D eigenvalue weighted by Crippen LogP contribution is 2.35. The van der Waals surface area contributed by atoms with Crippen molar-refractivity contribution < 1.29 is 14.3 Å². The minimum absolute atomic E-state index is 0.258. The van der Waals surface area contributed by atoms with Crippen molar-refractivity contribution in [1.82, 2.24) is 15.0 Å². The lowest BCUT2D eigenvalue weighted by molar-refractivity contribution is -0.117. The molecule has 1 N–H and O–H groups in total. The number of fused-ring (bicyclic) bond motifs is 3. The number of amides is 1. The Morgan fingerprint density at radius 1 is 1.37 bits per heavy atom. The van der Waals surface area contributed by atoms with Gasteiger partial charge < -0.3 is 10.1 Å². The molecule has 30 heavy (non-hydrogen) atoms. The summed E-state index contributed by atoms with van der Waals surface area (Å²) in [6, 6.07) is 6.45. The van der Waals surface area contributed by atoms with Crippen molar-refractivity contribution in [2.75, 3.05) is 11.9 Å². The average Bonchev–Trinajstić information content (AvgIpc) is 3.08. The number of aromatic nitrogens is 3. The molecule has 0 bridgehead atoms. The van der Waals surface area contributed by atoms with Gasteiger partial charge in [0.1, 0.15) is 6.54 Å². The fraction of sp³-hybridized carbons (Fsp3) is 0.381. The molecule has 0 spiro atoms. The van der Waals surface area contributed by atoms with Gasteiger partial charge in [-0.15, -0.1) is 16.4 Å². The Hall–Kier alpha value is -3.07. The maximum Gasteiger partial charge on any atom is 0.338 e. The summed E-state index contributed by atoms with van der Waals surface area (Å²) in [4.78, 5) is 39.2. The van der Waals surface area contributed by atoms with Crippen LogP contribution >= 0.6 is 11.3 Å². The zero-order chi connectivity index (χ0) is 21.3. The first-order valence-electron chi connectivity index (χ1n) is 9.91. The number of nitrogens with zero attached hydrogens (tertiary/aromatic N) is 3. The number of esters is 1. The molecular formula is C21H22N4O4S. The van der Waals surface area contributed by atoms with E-state index in [2.05, 4.69) is 22.6 Å². The number of hydrogen-bond acceptors (Lipinski definition) is 7. The average molecular weight is 426 g/mol. The van der Waals surface area contributed by atoms with Gasteiger partial charge in [-0.05, 0) is 55.9 Å². The van der Waals surface area contributed by atoms with Crippen molar-refractivity contribution in [3.05, 3.63) is 50.6 Å². The molecule has 3 aromatic rings. The lowest BCUT2D eigenvalue weighted by atomic mass is 9.89. The van der Waals surface area contributed by atoms with Crippen molar-refractivity contribution >= 4 is 39.1 Å². The van der Waals surface area contributed by atoms with E-state index in [1.807, 2.05) is 0 Å². The highest BCUT2D eigenvalue weighted by atomic mass is 32.1. The number of anilines is 1. The van der Waals surface area contributed by atoms with Crippen LogP contribution in [0, 0.1) is 5.92 Å². The molecule has 1 aliphatic carbocycles. The first-order valence-corrected chi connectivity index (χ1v) is 10.7. The summed E-state index contributed by atoms with van der Waals surface area (Å²) in [5.74, 6) is -0.293. The summed E-state index contributed by atoms with van der Waals surface area (Å²) in [7, 11) is 0. The summed E-state index contributed by atoms with van der Waals surface area (Å²) < 4.78 is 6.07. The zero-order valence-corrected chi connectivity index (χ0v) is 17.6. The normalized spacial score (nSPS) is 15.6. The van der Waals surface area contributed by atoms with Gasteiger partial charge >= 0.3 is 5.97 Å². The SMILES string of the molecule is CCOC(=O)c1cccc(NC(=O)Cn2nnc3sc4c(c3c2=O)CCC(C)C4)c1. The molecule has 0 saturated carbocycles. The highest BCUT2D eigenvalue weighted by molar-refractivity contribution is 7.18. The van der Waals surface area contributed by atoms with E-state index in [0.29, 0.717) is 27.4 Å². The van der Waals surface area contributed by atoms with E-state index in [9.17, 15) is 14.4 Å². The number of carbonyl (C=O) groups is 2. The first-order chi connectivity index (χ1) is 14.5. The number of carbonyl (C=O) groups excluding carboxylic acids is 2. The highest BCUT2D eigenvalue weighted by Gasteiger charge is 2.24. The van der Waals surface area contributed by atoms with Crippen LogP contribution in [0.1, 0.15) is 41.1 Å². The second kappa shape index (κ2) is 8.35. The Labute approximate surface area is 176 Å². The summed E-state index contributed by atoms with van der Waals surface area (Å²) >= 11 is 1.52. The molecule has 0 aliphatic heterocycles. The van der Waals surface area contributed by atoms with Gasteiger partial charge in [-0.25, -0.2) is 9.48 Å². The first kappa shape index (κ1) is 20.2. The van der Waals surface area contributed by atoms with Crippen molar-refractivity contribution in [2.24, 2.45) is 5.92 Å². The molecular weight excluding hydrogens is 404 g/mol. The van der Waals surface area contributed by atoms with Gasteiger partial charge in [-0.3, -0.25) is 9.59 Å². The van der Waals surface area contributed by atoms with Crippen molar-refractivity contribution in [1.29, 1.82) is 0 Å². The fourth-order valence-corrected chi connectivity index (χ4v) is 4.99. The van der Waals surface area contributed by atoms with E-state index >= 15 is 0 Å². The molecule has 0 saturated heterocycles. The molecule has 1 aromatic carbocycles. The Morgan fingerprint density at radius 2 is 2.20 bits per heavy atom. The van der Waals surface area contributed by atoms with Gasteiger partial charge in [0.15, 0.2) is 4.83 Å². The molecule has 1 amide bonds. The van der Waals surface area contributed by atoms with Crippen molar-refractivity contribution in [3.8, 4) is 0 Å². The molecule has 4 rings (SSSR count). The van der Waals surface area contributed by atoms with Crippen LogP contribution in [0.5, 0.6) is 0 Å². The second-order valence-electron chi connectivity index (χ2n) is 7.43. The zero-order valence-electron chi connectivity index (χ0n) is 16.8. The molecule has 0 radical (unpaired) electrons. The third kappa shape index (κ3) is 3.97. The lowest BCUT2D eigenvalue weighted by Crippen LogP contribution is -2.30. The van der Waals surface area contributed by atoms with E-state index in [4.69, 9.17) is 4.74 Å². The molecule has 156 valence electrons. The molecule has 8 nitrogen and oxygen atoms in total. The predicted molar refractivity (Wildman–Crippen MR) is 114 cm³/mol. The molecule has 1 atom stereocenters. The summed E-state index contributed by atoms with van der Waals surface area (Å²) in [5, 5.41) is 11.4. The summed E-state index contributed by atoms with van der Waals surface area (Å²) in [6.45, 7) is 3.94. The van der Waals surface area contributed by atoms with E-state index in [1.165, 1.54) is 22.3 Å². The van der Waals surface area contributed by atoms with Crippen LogP contribution in [0.15, 0.2) is 29.1 Å². The van der Waals surface area contributed by atoms with Gasteiger partial charge in [-0.2, -0.15) is 0 Å². The number of aryl methyl sites for hydroxylation is 1. The lowest BCUT2D eigenvalue weighted by Gasteiger charge is -2.17. The van der Waals surface area contributed by atoms with E-state index < -0.39 is 11.9 Å². The van der Waals surface area contributed by atoms with Crippen LogP contribution in [0.2, 0.25) is 0 Å². The molecule has 2 heterocycles. The third-order valence-corrected chi connectivity index (χ3v) is 6.27. The van der Waals surface area contributed by atoms with Crippen LogP contribution in [-0.2, 0) is 28.9 Å². The smallest absolute Gasteiger partial charge is 0.338 e. The number of thiophene rings is 1. The molecule has 0 fully saturated rings. The van der Waals surface area contributed by atoms with Crippen LogP contribution in [0.3, 0.4) is 0 Å². The number of rotatable bonds is 5. The Balaban J connectivity index is 1.54. The summed E-state index contributed by atoms with van der Waals surface area (Å²) in [6.07, 6.45) is 2.84. The van der Waals surface area contributed by atoms with E-state index in [-0.39, 0.29) is 18.7 Å². The largest absolute Gasteiger partial charge is 0.462 e. The Kier molecular flexibility index (Phi) is 5.63. The standard InChI is InChI=1S/C21H22N4O4S/c1-3-29-21(28)13-5-4-6-14(10-13)22-17(26)11-25-20(27)18-15-8-7-12(2)9-16(15)30-19(18)23-24-25/h4-6,10,12H,3,7-9,11H2,1-2H3,(H,22,26). The molecule has 2 aromatic heterocycles. The minimum Gasteiger partial charge on any atom is -0.462 e. The van der Waals surface area contributed by atoms with E-state index in [0.717, 1.165) is 29.5 Å². The minimum atomic E-state index is -0.460. The van der Waals surface area contributed by atoms with Crippen molar-refractivity contribution in [3.63, 3.8) is 0 Å². The van der Waals surface area contributed by atoms with Gasteiger partial charge in [-0.1, -0.05) is 18.2 Å². The van der Waals surface area contributed by atoms with Crippen molar-refractivity contribution in [2.45, 2.75) is 39.7 Å². The Bertz CT molecular complexity index is 1180.